The van der Waals surface area contributed by atoms with Crippen molar-refractivity contribution in [3.05, 3.63) is 18.2 Å². The number of hydrogen-bond donors (Lipinski definition) is 0. The molecule has 0 saturated carbocycles. The van der Waals surface area contributed by atoms with Crippen LogP contribution in [-0.2, 0) is 16.1 Å². The largest absolute Gasteiger partial charge is 0.378 e. The summed E-state index contributed by atoms with van der Waals surface area (Å²) in [5.41, 5.74) is 0. The maximum atomic E-state index is 12.4. The predicted octanol–water partition coefficient (Wildman–Crippen LogP) is 2.78. The third-order valence-electron chi connectivity index (χ3n) is 5.35. The summed E-state index contributed by atoms with van der Waals surface area (Å²) in [5.74, 6) is 2.11. The van der Waals surface area contributed by atoms with Crippen molar-refractivity contribution in [1.82, 2.24) is 14.5 Å². The lowest BCUT2D eigenvalue weighted by Crippen LogP contribution is -2.40. The quantitative estimate of drug-likeness (QED) is 0.838. The number of piperidine rings is 1. The van der Waals surface area contributed by atoms with Crippen LogP contribution in [0.3, 0.4) is 0 Å². The molecular formula is C18H29N3O2. The van der Waals surface area contributed by atoms with E-state index in [-0.39, 0.29) is 6.10 Å². The van der Waals surface area contributed by atoms with Gasteiger partial charge < -0.3 is 14.2 Å². The van der Waals surface area contributed by atoms with E-state index >= 15 is 0 Å². The molecule has 5 heteroatoms. The van der Waals surface area contributed by atoms with Crippen molar-refractivity contribution in [1.29, 1.82) is 0 Å². The molecule has 2 fully saturated rings. The summed E-state index contributed by atoms with van der Waals surface area (Å²) in [4.78, 5) is 18.7. The molecule has 1 atom stereocenters. The number of imidazole rings is 1. The van der Waals surface area contributed by atoms with Gasteiger partial charge in [0, 0.05) is 38.6 Å². The highest BCUT2D eigenvalue weighted by molar-refractivity contribution is 5.76. The van der Waals surface area contributed by atoms with E-state index < -0.39 is 0 Å². The van der Waals surface area contributed by atoms with Crippen molar-refractivity contribution in [2.45, 2.75) is 64.5 Å². The number of ether oxygens (including phenoxy) is 1. The van der Waals surface area contributed by atoms with E-state index in [0.717, 1.165) is 63.7 Å². The fourth-order valence-electron chi connectivity index (χ4n) is 3.72. The van der Waals surface area contributed by atoms with Gasteiger partial charge in [0.05, 0.1) is 12.5 Å². The molecule has 0 N–H and O–H groups in total. The van der Waals surface area contributed by atoms with Crippen LogP contribution in [0.5, 0.6) is 0 Å². The topological polar surface area (TPSA) is 47.4 Å². The molecule has 3 rings (SSSR count). The number of hydrogen-bond acceptors (Lipinski definition) is 3. The SMILES string of the molecule is Cc1nccn1CCC1CCN(C(=O)CC2CCCCO2)CC1. The summed E-state index contributed by atoms with van der Waals surface area (Å²) >= 11 is 0. The zero-order valence-electron chi connectivity index (χ0n) is 14.2. The smallest absolute Gasteiger partial charge is 0.225 e. The molecule has 0 bridgehead atoms. The van der Waals surface area contributed by atoms with Crippen LogP contribution < -0.4 is 0 Å². The van der Waals surface area contributed by atoms with Gasteiger partial charge in [-0.05, 0) is 51.4 Å². The minimum Gasteiger partial charge on any atom is -0.378 e. The van der Waals surface area contributed by atoms with Gasteiger partial charge in [-0.15, -0.1) is 0 Å². The van der Waals surface area contributed by atoms with Gasteiger partial charge >= 0.3 is 0 Å². The minimum atomic E-state index is 0.165. The first-order valence-corrected chi connectivity index (χ1v) is 9.09. The summed E-state index contributed by atoms with van der Waals surface area (Å²) in [6.45, 7) is 5.75. The van der Waals surface area contributed by atoms with Crippen LogP contribution in [0.15, 0.2) is 12.4 Å². The highest BCUT2D eigenvalue weighted by atomic mass is 16.5. The van der Waals surface area contributed by atoms with Gasteiger partial charge in [-0.1, -0.05) is 0 Å². The third kappa shape index (κ3) is 4.56. The van der Waals surface area contributed by atoms with Crippen LogP contribution in [0.4, 0.5) is 0 Å². The molecule has 2 saturated heterocycles. The van der Waals surface area contributed by atoms with Crippen LogP contribution in [-0.4, -0.2) is 46.2 Å². The van der Waals surface area contributed by atoms with E-state index in [1.165, 1.54) is 12.8 Å². The zero-order valence-corrected chi connectivity index (χ0v) is 14.2. The number of amides is 1. The van der Waals surface area contributed by atoms with Crippen LogP contribution in [0.1, 0.15) is 50.8 Å². The maximum Gasteiger partial charge on any atom is 0.225 e. The van der Waals surface area contributed by atoms with E-state index in [4.69, 9.17) is 4.74 Å². The van der Waals surface area contributed by atoms with Crippen molar-refractivity contribution in [2.75, 3.05) is 19.7 Å². The third-order valence-corrected chi connectivity index (χ3v) is 5.35. The van der Waals surface area contributed by atoms with Crippen LogP contribution in [0.2, 0.25) is 0 Å². The molecule has 3 heterocycles. The highest BCUT2D eigenvalue weighted by Crippen LogP contribution is 2.23. The first-order chi connectivity index (χ1) is 11.2. The van der Waals surface area contributed by atoms with Gasteiger partial charge in [-0.2, -0.15) is 0 Å². The van der Waals surface area contributed by atoms with Crippen molar-refractivity contribution in [3.63, 3.8) is 0 Å². The molecule has 1 amide bonds. The van der Waals surface area contributed by atoms with Crippen molar-refractivity contribution < 1.29 is 9.53 Å². The number of aromatic nitrogens is 2. The summed E-state index contributed by atoms with van der Waals surface area (Å²) in [5, 5.41) is 0. The number of aryl methyl sites for hydroxylation is 2. The second-order valence-corrected chi connectivity index (χ2v) is 6.97. The van der Waals surface area contributed by atoms with Crippen LogP contribution in [0.25, 0.3) is 0 Å². The lowest BCUT2D eigenvalue weighted by atomic mass is 9.93. The van der Waals surface area contributed by atoms with Gasteiger partial charge in [-0.3, -0.25) is 4.79 Å². The summed E-state index contributed by atoms with van der Waals surface area (Å²) in [6, 6.07) is 0. The number of carbonyl (C=O) groups excluding carboxylic acids is 1. The maximum absolute atomic E-state index is 12.4. The number of likely N-dealkylation sites (tertiary alicyclic amines) is 1. The zero-order chi connectivity index (χ0) is 16.1. The highest BCUT2D eigenvalue weighted by Gasteiger charge is 2.25. The van der Waals surface area contributed by atoms with Gasteiger partial charge in [0.2, 0.25) is 5.91 Å². The van der Waals surface area contributed by atoms with E-state index in [2.05, 4.69) is 27.6 Å². The van der Waals surface area contributed by atoms with E-state index in [9.17, 15) is 4.79 Å². The molecule has 1 unspecified atom stereocenters. The lowest BCUT2D eigenvalue weighted by molar-refractivity contribution is -0.136. The fourth-order valence-corrected chi connectivity index (χ4v) is 3.72. The first-order valence-electron chi connectivity index (χ1n) is 9.09. The minimum absolute atomic E-state index is 0.165. The molecule has 0 aromatic carbocycles. The molecule has 128 valence electrons. The van der Waals surface area contributed by atoms with Crippen LogP contribution >= 0.6 is 0 Å². The lowest BCUT2D eigenvalue weighted by Gasteiger charge is -2.33. The number of carbonyl (C=O) groups is 1. The Kier molecular flexibility index (Phi) is 5.70. The second-order valence-electron chi connectivity index (χ2n) is 6.97. The van der Waals surface area contributed by atoms with Gasteiger partial charge in [0.15, 0.2) is 0 Å². The molecule has 5 nitrogen and oxygen atoms in total. The van der Waals surface area contributed by atoms with E-state index in [0.29, 0.717) is 12.3 Å². The Hall–Kier alpha value is -1.36. The molecule has 1 aromatic heterocycles. The molecule has 1 aromatic rings. The summed E-state index contributed by atoms with van der Waals surface area (Å²) in [6.07, 6.45) is 11.5. The Balaban J connectivity index is 1.37. The summed E-state index contributed by atoms with van der Waals surface area (Å²) in [7, 11) is 0. The average Bonchev–Trinajstić information content (AvgIpc) is 2.99. The van der Waals surface area contributed by atoms with E-state index in [1.807, 2.05) is 6.20 Å². The standard InChI is InChI=1S/C18H29N3O2/c1-15-19-8-12-20(15)9-5-16-6-10-21(11-7-16)18(22)14-17-4-2-3-13-23-17/h8,12,16-17H,2-7,9-11,13-14H2,1H3. The number of rotatable bonds is 5. The molecule has 2 aliphatic rings. The van der Waals surface area contributed by atoms with Crippen LogP contribution in [0, 0.1) is 12.8 Å². The normalized spacial score (nSPS) is 23.2. The summed E-state index contributed by atoms with van der Waals surface area (Å²) < 4.78 is 7.92. The first kappa shape index (κ1) is 16.5. The van der Waals surface area contributed by atoms with Crippen molar-refractivity contribution in [3.8, 4) is 0 Å². The Bertz CT molecular complexity index is 500. The molecule has 0 spiro atoms. The number of nitrogens with zero attached hydrogens (tertiary/aromatic N) is 3. The van der Waals surface area contributed by atoms with Gasteiger partial charge in [0.1, 0.15) is 5.82 Å². The molecule has 2 aliphatic heterocycles. The Morgan fingerprint density at radius 1 is 1.30 bits per heavy atom. The average molecular weight is 319 g/mol. The molecular weight excluding hydrogens is 290 g/mol. The van der Waals surface area contributed by atoms with E-state index in [1.54, 1.807) is 0 Å². The monoisotopic (exact) mass is 319 g/mol. The molecule has 0 aliphatic carbocycles. The Morgan fingerprint density at radius 2 is 2.13 bits per heavy atom. The van der Waals surface area contributed by atoms with Crippen molar-refractivity contribution >= 4 is 5.91 Å². The van der Waals surface area contributed by atoms with Gasteiger partial charge in [-0.25, -0.2) is 4.98 Å². The Morgan fingerprint density at radius 3 is 2.78 bits per heavy atom. The van der Waals surface area contributed by atoms with Crippen molar-refractivity contribution in [2.24, 2.45) is 5.92 Å². The second kappa shape index (κ2) is 7.95. The fraction of sp³-hybridized carbons (Fsp3) is 0.778. The predicted molar refractivity (Wildman–Crippen MR) is 89.1 cm³/mol. The molecule has 23 heavy (non-hydrogen) atoms. The molecule has 0 radical (unpaired) electrons. The van der Waals surface area contributed by atoms with Gasteiger partial charge in [0.25, 0.3) is 0 Å². The Labute approximate surface area is 139 Å².